The number of nitrogens with zero attached hydrogens (tertiary/aromatic N) is 2. The summed E-state index contributed by atoms with van der Waals surface area (Å²) in [5, 5.41) is 2.87. The molecule has 0 spiro atoms. The average molecular weight is 486 g/mol. The van der Waals surface area contributed by atoms with Crippen molar-refractivity contribution in [2.75, 3.05) is 25.0 Å². The number of aliphatic imine (C=N–C) groups is 1. The van der Waals surface area contributed by atoms with Crippen molar-refractivity contribution in [2.45, 2.75) is 39.1 Å². The molecule has 0 bridgehead atoms. The first-order valence-corrected chi connectivity index (χ1v) is 8.40. The molecule has 1 aliphatic rings. The van der Waals surface area contributed by atoms with Gasteiger partial charge in [0.05, 0.1) is 6.54 Å². The van der Waals surface area contributed by atoms with Crippen molar-refractivity contribution >= 4 is 35.6 Å². The number of benzene rings is 1. The van der Waals surface area contributed by atoms with Crippen LogP contribution in [0.5, 0.6) is 5.75 Å². The summed E-state index contributed by atoms with van der Waals surface area (Å²) in [6.45, 7) is 7.11. The maximum atomic E-state index is 12.1. The van der Waals surface area contributed by atoms with Gasteiger partial charge in [-0.15, -0.1) is 37.1 Å². The Hall–Kier alpha value is -1.23. The molecule has 0 amide bonds. The van der Waals surface area contributed by atoms with Gasteiger partial charge in [0, 0.05) is 11.7 Å². The van der Waals surface area contributed by atoms with Crippen LogP contribution >= 0.6 is 24.0 Å². The van der Waals surface area contributed by atoms with E-state index in [1.165, 1.54) is 37.1 Å². The van der Waals surface area contributed by atoms with Gasteiger partial charge in [-0.3, -0.25) is 9.89 Å². The first kappa shape index (κ1) is 22.8. The summed E-state index contributed by atoms with van der Waals surface area (Å²) < 4.78 is 40.2. The molecule has 148 valence electrons. The van der Waals surface area contributed by atoms with Gasteiger partial charge in [-0.25, -0.2) is 0 Å². The van der Waals surface area contributed by atoms with E-state index < -0.39 is 6.36 Å². The summed E-state index contributed by atoms with van der Waals surface area (Å²) in [5.74, 6) is 0.742. The summed E-state index contributed by atoms with van der Waals surface area (Å²) in [6, 6.07) is 5.66. The minimum atomic E-state index is -4.70. The first-order chi connectivity index (χ1) is 11.7. The predicted molar refractivity (Wildman–Crippen MR) is 108 cm³/mol. The van der Waals surface area contributed by atoms with Gasteiger partial charge in [-0.1, -0.05) is 6.92 Å². The second kappa shape index (κ2) is 10.2. The van der Waals surface area contributed by atoms with Crippen LogP contribution in [0.3, 0.4) is 0 Å². The monoisotopic (exact) mass is 486 g/mol. The van der Waals surface area contributed by atoms with E-state index in [-0.39, 0.29) is 35.7 Å². The van der Waals surface area contributed by atoms with Crippen LogP contribution in [-0.4, -0.2) is 42.9 Å². The smallest absolute Gasteiger partial charge is 0.406 e. The van der Waals surface area contributed by atoms with Crippen molar-refractivity contribution in [3.8, 4) is 5.75 Å². The highest BCUT2D eigenvalue weighted by molar-refractivity contribution is 14.0. The number of ether oxygens (including phenoxy) is 1. The molecule has 1 saturated heterocycles. The zero-order chi connectivity index (χ0) is 18.4. The Bertz CT molecular complexity index is 572. The number of hydrogen-bond acceptors (Lipinski definition) is 3. The topological polar surface area (TPSA) is 62.9 Å². The van der Waals surface area contributed by atoms with Crippen LogP contribution in [-0.2, 0) is 0 Å². The SMILES string of the molecule is CC1CCN(C(C)CN=C(N)Nc2ccc(OC(F)(F)F)cc2)CC1.I. The summed E-state index contributed by atoms with van der Waals surface area (Å²) >= 11 is 0. The first-order valence-electron chi connectivity index (χ1n) is 8.40. The molecule has 5 nitrogen and oxygen atoms in total. The Labute approximate surface area is 169 Å². The number of halogens is 4. The zero-order valence-corrected chi connectivity index (χ0v) is 17.3. The molecular formula is C17H26F3IN4O. The number of hydrogen-bond donors (Lipinski definition) is 2. The van der Waals surface area contributed by atoms with Gasteiger partial charge in [0.25, 0.3) is 0 Å². The van der Waals surface area contributed by atoms with E-state index in [4.69, 9.17) is 5.73 Å². The van der Waals surface area contributed by atoms with E-state index in [1.807, 2.05) is 0 Å². The van der Waals surface area contributed by atoms with Crippen molar-refractivity contribution in [3.05, 3.63) is 24.3 Å². The highest BCUT2D eigenvalue weighted by Crippen LogP contribution is 2.24. The molecular weight excluding hydrogens is 460 g/mol. The summed E-state index contributed by atoms with van der Waals surface area (Å²) in [4.78, 5) is 6.73. The van der Waals surface area contributed by atoms with Crippen LogP contribution in [0.4, 0.5) is 18.9 Å². The van der Waals surface area contributed by atoms with Gasteiger partial charge in [-0.05, 0) is 63.0 Å². The van der Waals surface area contributed by atoms with Crippen molar-refractivity contribution < 1.29 is 17.9 Å². The number of alkyl halides is 3. The standard InChI is InChI=1S/C17H25F3N4O.HI/c1-12-7-9-24(10-8-12)13(2)11-22-16(21)23-14-3-5-15(6-4-14)25-17(18,19)20;/h3-6,12-13H,7-11H2,1-2H3,(H3,21,22,23);1H. The number of piperidine rings is 1. The van der Waals surface area contributed by atoms with Gasteiger partial charge in [0.1, 0.15) is 5.75 Å². The van der Waals surface area contributed by atoms with E-state index in [0.29, 0.717) is 18.3 Å². The third-order valence-corrected chi connectivity index (χ3v) is 4.33. The third-order valence-electron chi connectivity index (χ3n) is 4.33. The maximum absolute atomic E-state index is 12.1. The molecule has 1 unspecified atom stereocenters. The normalized spacial score (nSPS) is 18.1. The van der Waals surface area contributed by atoms with Crippen LogP contribution in [0.25, 0.3) is 0 Å². The minimum Gasteiger partial charge on any atom is -0.406 e. The lowest BCUT2D eigenvalue weighted by atomic mass is 9.98. The molecule has 3 N–H and O–H groups in total. The van der Waals surface area contributed by atoms with E-state index in [1.54, 1.807) is 0 Å². The average Bonchev–Trinajstić information content (AvgIpc) is 2.54. The van der Waals surface area contributed by atoms with Crippen molar-refractivity contribution in [1.82, 2.24) is 4.90 Å². The molecule has 1 heterocycles. The second-order valence-electron chi connectivity index (χ2n) is 6.49. The number of likely N-dealkylation sites (tertiary alicyclic amines) is 1. The fraction of sp³-hybridized carbons (Fsp3) is 0.588. The summed E-state index contributed by atoms with van der Waals surface area (Å²) in [5.41, 5.74) is 6.41. The van der Waals surface area contributed by atoms with Gasteiger partial charge >= 0.3 is 6.36 Å². The molecule has 1 fully saturated rings. The van der Waals surface area contributed by atoms with E-state index >= 15 is 0 Å². The van der Waals surface area contributed by atoms with E-state index in [0.717, 1.165) is 19.0 Å². The number of nitrogens with one attached hydrogen (secondary N) is 1. The van der Waals surface area contributed by atoms with Gasteiger partial charge in [0.2, 0.25) is 0 Å². The fourth-order valence-electron chi connectivity index (χ4n) is 2.74. The number of guanidine groups is 1. The van der Waals surface area contributed by atoms with Crippen LogP contribution in [0, 0.1) is 5.92 Å². The van der Waals surface area contributed by atoms with E-state index in [9.17, 15) is 13.2 Å². The van der Waals surface area contributed by atoms with Crippen LogP contribution in [0.15, 0.2) is 29.3 Å². The van der Waals surface area contributed by atoms with Crippen molar-refractivity contribution in [2.24, 2.45) is 16.6 Å². The molecule has 2 rings (SSSR count). The molecule has 0 aromatic heterocycles. The van der Waals surface area contributed by atoms with E-state index in [2.05, 4.69) is 33.8 Å². The highest BCUT2D eigenvalue weighted by Gasteiger charge is 2.30. The lowest BCUT2D eigenvalue weighted by molar-refractivity contribution is -0.274. The number of nitrogens with two attached hydrogens (primary N) is 1. The lowest BCUT2D eigenvalue weighted by Gasteiger charge is -2.34. The van der Waals surface area contributed by atoms with Gasteiger partial charge < -0.3 is 15.8 Å². The van der Waals surface area contributed by atoms with Crippen LogP contribution in [0.2, 0.25) is 0 Å². The molecule has 0 saturated carbocycles. The van der Waals surface area contributed by atoms with Gasteiger partial charge in [0.15, 0.2) is 5.96 Å². The summed E-state index contributed by atoms with van der Waals surface area (Å²) in [7, 11) is 0. The van der Waals surface area contributed by atoms with Crippen LogP contribution < -0.4 is 15.8 Å². The highest BCUT2D eigenvalue weighted by atomic mass is 127. The fourth-order valence-corrected chi connectivity index (χ4v) is 2.74. The Balaban J connectivity index is 0.00000338. The Kier molecular flexibility index (Phi) is 8.94. The Morgan fingerprint density at radius 2 is 1.88 bits per heavy atom. The van der Waals surface area contributed by atoms with Crippen molar-refractivity contribution in [1.29, 1.82) is 0 Å². The number of anilines is 1. The Morgan fingerprint density at radius 1 is 1.31 bits per heavy atom. The largest absolute Gasteiger partial charge is 0.573 e. The molecule has 1 atom stereocenters. The molecule has 1 aromatic carbocycles. The maximum Gasteiger partial charge on any atom is 0.573 e. The van der Waals surface area contributed by atoms with Crippen molar-refractivity contribution in [3.63, 3.8) is 0 Å². The molecule has 0 radical (unpaired) electrons. The lowest BCUT2D eigenvalue weighted by Crippen LogP contribution is -2.41. The van der Waals surface area contributed by atoms with Crippen LogP contribution in [0.1, 0.15) is 26.7 Å². The predicted octanol–water partition coefficient (Wildman–Crippen LogP) is 4.05. The Morgan fingerprint density at radius 3 is 2.42 bits per heavy atom. The zero-order valence-electron chi connectivity index (χ0n) is 14.9. The third kappa shape index (κ3) is 7.98. The quantitative estimate of drug-likeness (QED) is 0.375. The molecule has 1 aliphatic heterocycles. The molecule has 0 aliphatic carbocycles. The molecule has 26 heavy (non-hydrogen) atoms. The minimum absolute atomic E-state index is 0. The molecule has 9 heteroatoms. The number of rotatable bonds is 5. The molecule has 1 aromatic rings. The second-order valence-corrected chi connectivity index (χ2v) is 6.49. The summed E-state index contributed by atoms with van der Waals surface area (Å²) in [6.07, 6.45) is -2.29. The van der Waals surface area contributed by atoms with Gasteiger partial charge in [-0.2, -0.15) is 0 Å².